The number of phenols is 1. The van der Waals surface area contributed by atoms with Crippen molar-refractivity contribution < 1.29 is 33.7 Å². The minimum absolute atomic E-state index is 0. The number of ether oxygens (including phenoxy) is 1. The van der Waals surface area contributed by atoms with Crippen LogP contribution in [-0.2, 0) is 17.7 Å². The van der Waals surface area contributed by atoms with Crippen LogP contribution in [0.5, 0.6) is 5.75 Å². The predicted octanol–water partition coefficient (Wildman–Crippen LogP) is 5.21. The maximum atomic E-state index is 13.9. The molecule has 0 saturated carbocycles. The van der Waals surface area contributed by atoms with Crippen LogP contribution in [0.2, 0.25) is 10.0 Å². The van der Waals surface area contributed by atoms with Gasteiger partial charge >= 0.3 is 11.9 Å². The third kappa shape index (κ3) is 7.11. The van der Waals surface area contributed by atoms with E-state index in [1.54, 1.807) is 24.3 Å². The summed E-state index contributed by atoms with van der Waals surface area (Å²) in [7, 11) is 0. The van der Waals surface area contributed by atoms with Gasteiger partial charge in [0.2, 0.25) is 0 Å². The number of esters is 1. The van der Waals surface area contributed by atoms with Gasteiger partial charge in [0.05, 0.1) is 27.8 Å². The van der Waals surface area contributed by atoms with Crippen molar-refractivity contribution in [3.63, 3.8) is 0 Å². The number of aromatic nitrogens is 3. The zero-order valence-electron chi connectivity index (χ0n) is 23.1. The number of fused-ring (bicyclic) bond motifs is 2. The Morgan fingerprint density at radius 1 is 1.25 bits per heavy atom. The number of carboxylic acid groups (broad SMARTS) is 1. The highest BCUT2D eigenvalue weighted by atomic mass is 35.5. The molecule has 0 aliphatic heterocycles. The number of phenolic OH excluding ortho intramolecular Hbond substituents is 1. The molecule has 44 heavy (non-hydrogen) atoms. The van der Waals surface area contributed by atoms with Crippen molar-refractivity contribution in [2.24, 2.45) is 5.73 Å². The average Bonchev–Trinajstić information content (AvgIpc) is 3.57. The van der Waals surface area contributed by atoms with Crippen LogP contribution in [0.1, 0.15) is 66.1 Å². The lowest BCUT2D eigenvalue weighted by atomic mass is 9.98. The lowest BCUT2D eigenvalue weighted by Crippen LogP contribution is -2.29. The van der Waals surface area contributed by atoms with E-state index < -0.39 is 29.4 Å². The number of aromatic carboxylic acids is 1. The maximum absolute atomic E-state index is 13.9. The van der Waals surface area contributed by atoms with Crippen LogP contribution in [0.15, 0.2) is 49.2 Å². The Kier molecular flexibility index (Phi) is 11.3. The molecule has 4 aromatic rings. The largest absolute Gasteiger partial charge is 0.505 e. The van der Waals surface area contributed by atoms with Crippen LogP contribution in [0, 0.1) is 12.7 Å². The molecule has 1 amide bonds. The van der Waals surface area contributed by atoms with Gasteiger partial charge in [0.15, 0.2) is 22.9 Å². The molecular weight excluding hydrogens is 640 g/mol. The third-order valence-corrected chi connectivity index (χ3v) is 7.32. The monoisotopic (exact) mass is 665 g/mol. The summed E-state index contributed by atoms with van der Waals surface area (Å²) >= 11 is 11.2. The van der Waals surface area contributed by atoms with Crippen LogP contribution < -0.4 is 11.1 Å². The van der Waals surface area contributed by atoms with Crippen LogP contribution in [0.25, 0.3) is 5.65 Å². The average molecular weight is 667 g/mol. The second-order valence-electron chi connectivity index (χ2n) is 9.43. The van der Waals surface area contributed by atoms with Gasteiger partial charge in [-0.3, -0.25) is 4.79 Å². The van der Waals surface area contributed by atoms with Gasteiger partial charge in [-0.2, -0.15) is 5.10 Å². The number of carbonyl (C=O) groups excluding carboxylic acids is 2. The summed E-state index contributed by atoms with van der Waals surface area (Å²) in [6, 6.07) is 7.28. The molecule has 0 radical (unpaired) electrons. The fourth-order valence-corrected chi connectivity index (χ4v) is 5.17. The molecule has 0 bridgehead atoms. The molecule has 11 nitrogen and oxygen atoms in total. The molecule has 2 aromatic carbocycles. The van der Waals surface area contributed by atoms with Crippen molar-refractivity contribution in [2.75, 3.05) is 6.61 Å². The number of nitrogens with zero attached hydrogens (tertiary/aromatic N) is 3. The molecule has 0 spiro atoms. The summed E-state index contributed by atoms with van der Waals surface area (Å²) in [4.78, 5) is 40.3. The third-order valence-electron chi connectivity index (χ3n) is 6.74. The Balaban J connectivity index is 0.000000374. The molecule has 2 heterocycles. The van der Waals surface area contributed by atoms with E-state index in [2.05, 4.69) is 22.0 Å². The lowest BCUT2D eigenvalue weighted by molar-refractivity contribution is 0.0548. The highest BCUT2D eigenvalue weighted by Crippen LogP contribution is 2.35. The molecule has 0 fully saturated rings. The van der Waals surface area contributed by atoms with Gasteiger partial charge < -0.3 is 26.0 Å². The van der Waals surface area contributed by atoms with E-state index in [-0.39, 0.29) is 52.2 Å². The van der Waals surface area contributed by atoms with Gasteiger partial charge in [-0.05, 0) is 60.2 Å². The SMILES string of the molecule is C=CCOC(=O)c1ccc2c(c1C)CC[C@@H]2NC(=O)c1cc(C(=O)O)nc2c(F)cnn12.Cl.NCc1cc(Cl)c(O)c(Cl)c1. The number of halogens is 4. The van der Waals surface area contributed by atoms with Gasteiger partial charge in [-0.1, -0.05) is 41.9 Å². The molecule has 1 aliphatic rings. The number of rotatable bonds is 7. The Morgan fingerprint density at radius 3 is 2.55 bits per heavy atom. The highest BCUT2D eigenvalue weighted by Gasteiger charge is 2.29. The fourth-order valence-electron chi connectivity index (χ4n) is 4.64. The zero-order valence-corrected chi connectivity index (χ0v) is 25.5. The number of nitrogens with one attached hydrogen (secondary N) is 1. The van der Waals surface area contributed by atoms with Gasteiger partial charge in [0.25, 0.3) is 5.91 Å². The lowest BCUT2D eigenvalue weighted by Gasteiger charge is -2.16. The topological polar surface area (TPSA) is 169 Å². The van der Waals surface area contributed by atoms with E-state index >= 15 is 0 Å². The number of hydrogen-bond acceptors (Lipinski definition) is 8. The van der Waals surface area contributed by atoms with E-state index in [1.807, 2.05) is 6.92 Å². The van der Waals surface area contributed by atoms with E-state index in [0.29, 0.717) is 24.9 Å². The Morgan fingerprint density at radius 2 is 1.93 bits per heavy atom. The van der Waals surface area contributed by atoms with Crippen LogP contribution >= 0.6 is 35.6 Å². The summed E-state index contributed by atoms with van der Waals surface area (Å²) in [5, 5.41) is 25.5. The minimum atomic E-state index is -1.39. The number of benzene rings is 2. The first-order valence-corrected chi connectivity index (χ1v) is 13.6. The zero-order chi connectivity index (χ0) is 31.4. The number of aromatic hydroxyl groups is 1. The van der Waals surface area contributed by atoms with Gasteiger partial charge in [-0.15, -0.1) is 12.4 Å². The maximum Gasteiger partial charge on any atom is 0.354 e. The number of carboxylic acids is 1. The summed E-state index contributed by atoms with van der Waals surface area (Å²) in [5.41, 5.74) is 8.21. The summed E-state index contributed by atoms with van der Waals surface area (Å²) in [5.74, 6) is -3.38. The number of amides is 1. The molecule has 2 aromatic heterocycles. The smallest absolute Gasteiger partial charge is 0.354 e. The minimum Gasteiger partial charge on any atom is -0.505 e. The van der Waals surface area contributed by atoms with Crippen molar-refractivity contribution in [3.8, 4) is 5.75 Å². The highest BCUT2D eigenvalue weighted by molar-refractivity contribution is 6.37. The number of nitrogens with two attached hydrogens (primary N) is 1. The van der Waals surface area contributed by atoms with Gasteiger partial charge in [0, 0.05) is 12.6 Å². The molecule has 5 rings (SSSR count). The summed E-state index contributed by atoms with van der Waals surface area (Å²) < 4.78 is 20.0. The fraction of sp³-hybridized carbons (Fsp3) is 0.207. The quantitative estimate of drug-likeness (QED) is 0.153. The molecule has 1 aliphatic carbocycles. The van der Waals surface area contributed by atoms with Gasteiger partial charge in [0.1, 0.15) is 12.3 Å². The first kappa shape index (κ1) is 34.3. The van der Waals surface area contributed by atoms with Gasteiger partial charge in [-0.25, -0.2) is 23.5 Å². The first-order valence-electron chi connectivity index (χ1n) is 12.8. The second-order valence-corrected chi connectivity index (χ2v) is 10.2. The first-order chi connectivity index (χ1) is 20.5. The Hall–Kier alpha value is -4.23. The molecular formula is C29H27Cl3FN5O6. The van der Waals surface area contributed by atoms with Crippen LogP contribution in [0.3, 0.4) is 0 Å². The van der Waals surface area contributed by atoms with Crippen molar-refractivity contribution in [2.45, 2.75) is 32.4 Å². The van der Waals surface area contributed by atoms with Crippen molar-refractivity contribution in [3.05, 3.63) is 104 Å². The van der Waals surface area contributed by atoms with E-state index in [9.17, 15) is 23.9 Å². The van der Waals surface area contributed by atoms with Crippen molar-refractivity contribution in [1.29, 1.82) is 0 Å². The molecule has 15 heteroatoms. The van der Waals surface area contributed by atoms with Crippen LogP contribution in [-0.4, -0.2) is 49.3 Å². The normalized spacial score (nSPS) is 13.2. The predicted molar refractivity (Wildman–Crippen MR) is 163 cm³/mol. The van der Waals surface area contributed by atoms with E-state index in [0.717, 1.165) is 39.0 Å². The standard InChI is InChI=1S/C22H19FN4O5.C7H7Cl2NO.ClH/c1-3-8-32-22(31)13-4-5-14-12(11(13)2)6-7-16(14)26-20(28)18-9-17(21(29)30)25-19-15(23)10-24-27(18)19;8-5-1-4(3-10)2-6(9)7(5)11;/h3-5,9-10,16H,1,6-8H2,2H3,(H,26,28)(H,29,30);1-2,11H,3,10H2;1H/t16-;;/m0../s1. The second kappa shape index (κ2) is 14.5. The van der Waals surface area contributed by atoms with Crippen molar-refractivity contribution >= 4 is 59.1 Å². The summed E-state index contributed by atoms with van der Waals surface area (Å²) in [6.07, 6.45) is 3.58. The molecule has 0 saturated heterocycles. The molecule has 5 N–H and O–H groups in total. The molecule has 232 valence electrons. The summed E-state index contributed by atoms with van der Waals surface area (Å²) in [6.45, 7) is 5.82. The van der Waals surface area contributed by atoms with E-state index in [1.165, 1.54) is 6.08 Å². The number of hydrogen-bond donors (Lipinski definition) is 4. The molecule has 1 atom stereocenters. The number of carbonyl (C=O) groups is 3. The molecule has 0 unspecified atom stereocenters. The Bertz CT molecular complexity index is 1740. The van der Waals surface area contributed by atoms with E-state index in [4.69, 9.17) is 38.8 Å². The van der Waals surface area contributed by atoms with Crippen molar-refractivity contribution in [1.82, 2.24) is 19.9 Å². The van der Waals surface area contributed by atoms with Crippen LogP contribution in [0.4, 0.5) is 4.39 Å². The Labute approximate surface area is 266 Å².